The molecule has 1 aliphatic heterocycles. The van der Waals surface area contributed by atoms with Gasteiger partial charge in [0.15, 0.2) is 0 Å². The molecule has 25 heavy (non-hydrogen) atoms. The topological polar surface area (TPSA) is 85.2 Å². The van der Waals surface area contributed by atoms with E-state index < -0.39 is 0 Å². The third-order valence-electron chi connectivity index (χ3n) is 4.14. The third-order valence-corrected chi connectivity index (χ3v) is 4.14. The lowest BCUT2D eigenvalue weighted by molar-refractivity contribution is -0.129. The van der Waals surface area contributed by atoms with Crippen LogP contribution in [0.3, 0.4) is 0 Å². The summed E-state index contributed by atoms with van der Waals surface area (Å²) in [4.78, 5) is 24.5. The average molecular weight is 336 g/mol. The molecule has 1 aromatic heterocycles. The number of nitrogens with one attached hydrogen (secondary N) is 1. The van der Waals surface area contributed by atoms with Crippen LogP contribution in [0.4, 0.5) is 17.5 Å². The Kier molecular flexibility index (Phi) is 4.80. The molecule has 1 saturated heterocycles. The molecular weight excluding hydrogens is 316 g/mol. The second kappa shape index (κ2) is 7.18. The smallest absolute Gasteiger partial charge is 0.227 e. The first-order valence-corrected chi connectivity index (χ1v) is 8.18. The average Bonchev–Trinajstić information content (AvgIpc) is 2.62. The molecule has 1 N–H and O–H groups in total. The van der Waals surface area contributed by atoms with Crippen molar-refractivity contribution in [2.45, 2.75) is 13.8 Å². The predicted molar refractivity (Wildman–Crippen MR) is 95.7 cm³/mol. The zero-order valence-corrected chi connectivity index (χ0v) is 14.4. The van der Waals surface area contributed by atoms with Gasteiger partial charge in [-0.25, -0.2) is 4.98 Å². The van der Waals surface area contributed by atoms with E-state index in [1.165, 1.54) is 0 Å². The van der Waals surface area contributed by atoms with Gasteiger partial charge in [-0.05, 0) is 31.2 Å². The van der Waals surface area contributed by atoms with Crippen molar-refractivity contribution in [3.8, 4) is 6.07 Å². The molecule has 0 atom stereocenters. The quantitative estimate of drug-likeness (QED) is 0.923. The van der Waals surface area contributed by atoms with Crippen LogP contribution in [-0.4, -0.2) is 47.0 Å². The normalized spacial score (nSPS) is 14.1. The minimum Gasteiger partial charge on any atom is -0.340 e. The second-order valence-corrected chi connectivity index (χ2v) is 6.00. The fraction of sp³-hybridized carbons (Fsp3) is 0.333. The Balaban J connectivity index is 1.74. The van der Waals surface area contributed by atoms with E-state index in [1.807, 2.05) is 30.0 Å². The standard InChI is InChI=1S/C18H20N6O/c1-13-11-17(21-16-5-3-15(12-19)4-6-16)22-18(20-13)24-9-7-23(8-10-24)14(2)25/h3-6,11H,7-10H2,1-2H3,(H,20,21,22). The van der Waals surface area contributed by atoms with Crippen LogP contribution < -0.4 is 10.2 Å². The molecule has 1 aliphatic rings. The van der Waals surface area contributed by atoms with Crippen LogP contribution in [0.2, 0.25) is 0 Å². The Morgan fingerprint density at radius 2 is 1.84 bits per heavy atom. The maximum atomic E-state index is 11.4. The molecule has 0 radical (unpaired) electrons. The van der Waals surface area contributed by atoms with Gasteiger partial charge in [0.05, 0.1) is 11.6 Å². The van der Waals surface area contributed by atoms with Crippen LogP contribution in [0, 0.1) is 18.3 Å². The van der Waals surface area contributed by atoms with Gasteiger partial charge in [0.25, 0.3) is 0 Å². The maximum Gasteiger partial charge on any atom is 0.227 e. The summed E-state index contributed by atoms with van der Waals surface area (Å²) >= 11 is 0. The van der Waals surface area contributed by atoms with E-state index in [0.29, 0.717) is 30.4 Å². The number of carbonyl (C=O) groups excluding carboxylic acids is 1. The summed E-state index contributed by atoms with van der Waals surface area (Å²) in [6, 6.07) is 11.2. The molecule has 7 nitrogen and oxygen atoms in total. The summed E-state index contributed by atoms with van der Waals surface area (Å²) in [5.74, 6) is 1.48. The summed E-state index contributed by atoms with van der Waals surface area (Å²) in [6.07, 6.45) is 0. The van der Waals surface area contributed by atoms with E-state index in [1.54, 1.807) is 19.1 Å². The highest BCUT2D eigenvalue weighted by atomic mass is 16.2. The van der Waals surface area contributed by atoms with E-state index >= 15 is 0 Å². The van der Waals surface area contributed by atoms with E-state index in [2.05, 4.69) is 26.3 Å². The molecular formula is C18H20N6O. The Hall–Kier alpha value is -3.14. The molecule has 0 aliphatic carbocycles. The van der Waals surface area contributed by atoms with Crippen molar-refractivity contribution in [2.75, 3.05) is 36.4 Å². The summed E-state index contributed by atoms with van der Waals surface area (Å²) in [5, 5.41) is 12.1. The molecule has 2 heterocycles. The number of anilines is 3. The SMILES string of the molecule is CC(=O)N1CCN(c2nc(C)cc(Nc3ccc(C#N)cc3)n2)CC1. The number of aryl methyl sites for hydroxylation is 1. The van der Waals surface area contributed by atoms with Crippen LogP contribution in [0.25, 0.3) is 0 Å². The van der Waals surface area contributed by atoms with Crippen molar-refractivity contribution in [3.63, 3.8) is 0 Å². The predicted octanol–water partition coefficient (Wildman–Crippen LogP) is 2.07. The Labute approximate surface area is 146 Å². The van der Waals surface area contributed by atoms with Gasteiger partial charge in [0.2, 0.25) is 11.9 Å². The Bertz CT molecular complexity index is 803. The molecule has 0 spiro atoms. The van der Waals surface area contributed by atoms with Crippen molar-refractivity contribution in [3.05, 3.63) is 41.6 Å². The van der Waals surface area contributed by atoms with Gasteiger partial charge in [-0.2, -0.15) is 10.2 Å². The van der Waals surface area contributed by atoms with Gasteiger partial charge in [-0.15, -0.1) is 0 Å². The molecule has 128 valence electrons. The number of aromatic nitrogens is 2. The summed E-state index contributed by atoms with van der Waals surface area (Å²) in [6.45, 7) is 6.34. The molecule has 1 fully saturated rings. The lowest BCUT2D eigenvalue weighted by Crippen LogP contribution is -2.48. The van der Waals surface area contributed by atoms with E-state index in [9.17, 15) is 4.79 Å². The number of rotatable bonds is 3. The zero-order chi connectivity index (χ0) is 17.8. The van der Waals surface area contributed by atoms with Gasteiger partial charge in [0.1, 0.15) is 5.82 Å². The number of nitrogens with zero attached hydrogens (tertiary/aromatic N) is 5. The number of hydrogen-bond acceptors (Lipinski definition) is 6. The second-order valence-electron chi connectivity index (χ2n) is 6.00. The minimum absolute atomic E-state index is 0.105. The van der Waals surface area contributed by atoms with Crippen LogP contribution >= 0.6 is 0 Å². The van der Waals surface area contributed by atoms with Crippen molar-refractivity contribution in [1.82, 2.24) is 14.9 Å². The third kappa shape index (κ3) is 4.04. The van der Waals surface area contributed by atoms with Crippen LogP contribution in [0.5, 0.6) is 0 Å². The Morgan fingerprint density at radius 3 is 2.44 bits per heavy atom. The zero-order valence-electron chi connectivity index (χ0n) is 14.4. The fourth-order valence-corrected chi connectivity index (χ4v) is 2.76. The molecule has 1 aromatic carbocycles. The Morgan fingerprint density at radius 1 is 1.16 bits per heavy atom. The summed E-state index contributed by atoms with van der Waals surface area (Å²) < 4.78 is 0. The monoisotopic (exact) mass is 336 g/mol. The summed E-state index contributed by atoms with van der Waals surface area (Å²) in [5.41, 5.74) is 2.35. The highest BCUT2D eigenvalue weighted by Crippen LogP contribution is 2.20. The highest BCUT2D eigenvalue weighted by Gasteiger charge is 2.21. The van der Waals surface area contributed by atoms with Crippen molar-refractivity contribution in [2.24, 2.45) is 0 Å². The van der Waals surface area contributed by atoms with Gasteiger partial charge in [-0.1, -0.05) is 0 Å². The van der Waals surface area contributed by atoms with Crippen LogP contribution in [-0.2, 0) is 4.79 Å². The molecule has 3 rings (SSSR count). The van der Waals surface area contributed by atoms with Crippen molar-refractivity contribution >= 4 is 23.4 Å². The van der Waals surface area contributed by atoms with Gasteiger partial charge >= 0.3 is 0 Å². The van der Waals surface area contributed by atoms with Gasteiger partial charge in [-0.3, -0.25) is 4.79 Å². The number of carbonyl (C=O) groups is 1. The number of benzene rings is 1. The maximum absolute atomic E-state index is 11.4. The minimum atomic E-state index is 0.105. The molecule has 1 amide bonds. The molecule has 0 unspecified atom stereocenters. The molecule has 2 aromatic rings. The van der Waals surface area contributed by atoms with Crippen LogP contribution in [0.15, 0.2) is 30.3 Å². The molecule has 0 saturated carbocycles. The number of piperazine rings is 1. The lowest BCUT2D eigenvalue weighted by atomic mass is 10.2. The fourth-order valence-electron chi connectivity index (χ4n) is 2.76. The number of nitriles is 1. The first-order valence-electron chi connectivity index (χ1n) is 8.18. The lowest BCUT2D eigenvalue weighted by Gasteiger charge is -2.34. The summed E-state index contributed by atoms with van der Waals surface area (Å²) in [7, 11) is 0. The number of amides is 1. The van der Waals surface area contributed by atoms with Gasteiger partial charge < -0.3 is 15.1 Å². The van der Waals surface area contributed by atoms with Crippen molar-refractivity contribution < 1.29 is 4.79 Å². The van der Waals surface area contributed by atoms with Crippen LogP contribution in [0.1, 0.15) is 18.2 Å². The molecule has 0 bridgehead atoms. The first kappa shape index (κ1) is 16.7. The van der Waals surface area contributed by atoms with E-state index in [-0.39, 0.29) is 5.91 Å². The van der Waals surface area contributed by atoms with Gasteiger partial charge in [0, 0.05) is 50.6 Å². The first-order chi connectivity index (χ1) is 12.0. The largest absolute Gasteiger partial charge is 0.340 e. The van der Waals surface area contributed by atoms with E-state index in [0.717, 1.165) is 24.5 Å². The highest BCUT2D eigenvalue weighted by molar-refractivity contribution is 5.73. The number of hydrogen-bond donors (Lipinski definition) is 1. The molecule has 7 heteroatoms. The van der Waals surface area contributed by atoms with E-state index in [4.69, 9.17) is 5.26 Å². The van der Waals surface area contributed by atoms with Crippen molar-refractivity contribution in [1.29, 1.82) is 5.26 Å².